The molecule has 3 aliphatic rings. The molecule has 0 saturated heterocycles. The van der Waals surface area contributed by atoms with E-state index in [-0.39, 0.29) is 11.2 Å². The third-order valence-electron chi connectivity index (χ3n) is 13.2. The zero-order chi connectivity index (χ0) is 43.0. The molecule has 0 radical (unpaired) electrons. The zero-order valence-electron chi connectivity index (χ0n) is 38.3. The molecule has 6 atom stereocenters. The zero-order valence-corrected chi connectivity index (χ0v) is 43.2. The van der Waals surface area contributed by atoms with Gasteiger partial charge in [-0.15, -0.1) is 70.1 Å². The lowest BCUT2D eigenvalue weighted by atomic mass is 9.98. The van der Waals surface area contributed by atoms with Crippen LogP contribution in [-0.4, -0.2) is 35.6 Å². The lowest BCUT2D eigenvalue weighted by Crippen LogP contribution is -2.06. The predicted octanol–water partition coefficient (Wildman–Crippen LogP) is 18.2. The minimum atomic E-state index is 0.200. The Morgan fingerprint density at radius 3 is 1.50 bits per heavy atom. The van der Waals surface area contributed by atoms with Crippen molar-refractivity contribution in [1.29, 1.82) is 0 Å². The molecule has 5 rings (SSSR count). The molecule has 0 bridgehead atoms. The third kappa shape index (κ3) is 12.7. The van der Waals surface area contributed by atoms with Gasteiger partial charge in [-0.25, -0.2) is 0 Å². The van der Waals surface area contributed by atoms with Gasteiger partial charge in [0.2, 0.25) is 0 Å². The van der Waals surface area contributed by atoms with Gasteiger partial charge in [0.25, 0.3) is 0 Å². The minimum Gasteiger partial charge on any atom is -0.297 e. The first-order valence-corrected chi connectivity index (χ1v) is 29.6. The number of aldehydes is 2. The Hall–Kier alpha value is -0.770. The van der Waals surface area contributed by atoms with Crippen LogP contribution in [0.25, 0.3) is 21.6 Å². The molecule has 1 aromatic heterocycles. The van der Waals surface area contributed by atoms with Crippen molar-refractivity contribution in [3.63, 3.8) is 0 Å². The summed E-state index contributed by atoms with van der Waals surface area (Å²) in [5.74, 6) is 7.61. The molecule has 8 heteroatoms. The quantitative estimate of drug-likeness (QED) is 0.0616. The van der Waals surface area contributed by atoms with E-state index in [1.54, 1.807) is 23.1 Å². The Morgan fingerprint density at radius 1 is 0.583 bits per heavy atom. The number of fused-ring (bicyclic) bond motifs is 6. The normalized spacial score (nSPS) is 18.4. The molecule has 0 spiro atoms. The topological polar surface area (TPSA) is 34.1 Å². The third-order valence-corrected chi connectivity index (χ3v) is 21.5. The fourth-order valence-electron chi connectivity index (χ4n) is 8.96. The second-order valence-electron chi connectivity index (χ2n) is 17.5. The summed E-state index contributed by atoms with van der Waals surface area (Å²) in [5, 5.41) is 0.215. The maximum atomic E-state index is 12.5. The number of thioether (sulfide) groups is 5. The van der Waals surface area contributed by atoms with Crippen LogP contribution in [0.1, 0.15) is 195 Å². The van der Waals surface area contributed by atoms with Crippen molar-refractivity contribution in [3.8, 4) is 10.4 Å². The van der Waals surface area contributed by atoms with E-state index in [0.717, 1.165) is 45.4 Å². The fourth-order valence-corrected chi connectivity index (χ4v) is 17.4. The first-order valence-electron chi connectivity index (χ1n) is 23.9. The average Bonchev–Trinajstić information content (AvgIpc) is 4.03. The van der Waals surface area contributed by atoms with Gasteiger partial charge in [0, 0.05) is 69.1 Å². The monoisotopic (exact) mass is 924 g/mol. The lowest BCUT2D eigenvalue weighted by Gasteiger charge is -2.21. The largest absolute Gasteiger partial charge is 0.297 e. The molecule has 1 aliphatic heterocycles. The van der Waals surface area contributed by atoms with Crippen molar-refractivity contribution in [2.75, 3.05) is 23.0 Å². The van der Waals surface area contributed by atoms with Gasteiger partial charge in [-0.05, 0) is 89.8 Å². The van der Waals surface area contributed by atoms with Crippen LogP contribution in [0.15, 0.2) is 37.7 Å². The van der Waals surface area contributed by atoms with E-state index in [1.807, 2.05) is 0 Å². The van der Waals surface area contributed by atoms with Crippen molar-refractivity contribution in [3.05, 3.63) is 64.8 Å². The van der Waals surface area contributed by atoms with E-state index in [0.29, 0.717) is 23.7 Å². The van der Waals surface area contributed by atoms with Crippen molar-refractivity contribution < 1.29 is 9.59 Å². The van der Waals surface area contributed by atoms with E-state index in [2.05, 4.69) is 127 Å². The maximum Gasteiger partial charge on any atom is 0.160 e. The van der Waals surface area contributed by atoms with Crippen LogP contribution < -0.4 is 0 Å². The van der Waals surface area contributed by atoms with Crippen molar-refractivity contribution in [2.45, 2.75) is 163 Å². The van der Waals surface area contributed by atoms with Gasteiger partial charge in [-0.1, -0.05) is 139 Å². The maximum absolute atomic E-state index is 12.5. The summed E-state index contributed by atoms with van der Waals surface area (Å²) in [7, 11) is 0. The number of hydrogen-bond acceptors (Lipinski definition) is 8. The second-order valence-corrected chi connectivity index (χ2v) is 24.5. The predicted molar refractivity (Wildman–Crippen MR) is 279 cm³/mol. The number of rotatable bonds is 30. The summed E-state index contributed by atoms with van der Waals surface area (Å²) in [6.07, 6.45) is 24.7. The molecule has 6 unspecified atom stereocenters. The molecular formula is C52H76O2S6. The van der Waals surface area contributed by atoms with Crippen LogP contribution in [-0.2, 0) is 4.79 Å². The molecule has 332 valence electrons. The molecule has 1 aromatic carbocycles. The van der Waals surface area contributed by atoms with Gasteiger partial charge in [0.1, 0.15) is 0 Å². The summed E-state index contributed by atoms with van der Waals surface area (Å²) in [5.41, 5.74) is 9.55. The average molecular weight is 926 g/mol. The first kappa shape index (κ1) is 50.2. The molecule has 60 heavy (non-hydrogen) atoms. The number of allylic oxidation sites excluding steroid dienone is 3. The minimum absolute atomic E-state index is 0.200. The Labute approximate surface area is 391 Å². The van der Waals surface area contributed by atoms with Crippen molar-refractivity contribution in [2.24, 2.45) is 29.6 Å². The summed E-state index contributed by atoms with van der Waals surface area (Å²) >= 11 is 11.9. The molecule has 2 aromatic rings. The number of benzene rings is 1. The Morgan fingerprint density at radius 2 is 1.07 bits per heavy atom. The number of thiophene rings is 1. The van der Waals surface area contributed by atoms with E-state index in [1.165, 1.54) is 155 Å². The van der Waals surface area contributed by atoms with E-state index < -0.39 is 0 Å². The highest BCUT2D eigenvalue weighted by Gasteiger charge is 2.44. The highest BCUT2D eigenvalue weighted by atomic mass is 32.2. The second kappa shape index (κ2) is 26.3. The summed E-state index contributed by atoms with van der Waals surface area (Å²) in [6.45, 7) is 18.7. The van der Waals surface area contributed by atoms with Crippen LogP contribution in [0.4, 0.5) is 0 Å². The Bertz CT molecular complexity index is 1740. The van der Waals surface area contributed by atoms with E-state index in [4.69, 9.17) is 0 Å². The molecule has 2 aliphatic carbocycles. The summed E-state index contributed by atoms with van der Waals surface area (Å²) < 4.78 is 2.95. The SMILES string of the molecule is CCCCC(CC)CSC(SCC(CC)CCCC)=C1c2cc3c(cc2-c2sc(C=O)cc21)C(=C(SCC(CC)CCCC)SCC(CC)CCCC)C1C=C(C=O)SC31. The molecule has 0 saturated carbocycles. The standard InChI is InChI=1S/C52H76O2S6/c1-9-17-21-35(13-5)31-55-51(56-32-36(14-6)22-18-10-2)47-41-27-44-42(28-43(41)49-45(47)25-39(29-53)59-49)48(46-26-40(30-54)60-50(44)46)52(57-33-37(15-7)23-19-11-3)58-34-38(16-8)24-20-12-4/h25-30,35-38,45,49H,9-24,31-34H2,1-8H3. The van der Waals surface area contributed by atoms with Crippen molar-refractivity contribution in [1.82, 2.24) is 0 Å². The van der Waals surface area contributed by atoms with E-state index in [9.17, 15) is 9.59 Å². The molecule has 2 nitrogen and oxygen atoms in total. The molecule has 2 heterocycles. The van der Waals surface area contributed by atoms with Crippen LogP contribution in [0.3, 0.4) is 0 Å². The van der Waals surface area contributed by atoms with Gasteiger partial charge < -0.3 is 0 Å². The van der Waals surface area contributed by atoms with Gasteiger partial charge in [-0.3, -0.25) is 9.59 Å². The number of carbonyl (C=O) groups is 2. The molecular weight excluding hydrogens is 849 g/mol. The molecule has 0 amide bonds. The van der Waals surface area contributed by atoms with Gasteiger partial charge in [-0.2, -0.15) is 0 Å². The fraction of sp³-hybridized carbons (Fsp3) is 0.654. The highest BCUT2D eigenvalue weighted by molar-refractivity contribution is 8.23. The van der Waals surface area contributed by atoms with Crippen molar-refractivity contribution >= 4 is 93.9 Å². The van der Waals surface area contributed by atoms with Gasteiger partial charge in [0.15, 0.2) is 12.6 Å². The van der Waals surface area contributed by atoms with Gasteiger partial charge in [0.05, 0.1) is 4.88 Å². The Balaban J connectivity index is 1.69. The highest BCUT2D eigenvalue weighted by Crippen LogP contribution is 2.64. The Kier molecular flexibility index (Phi) is 22.0. The van der Waals surface area contributed by atoms with Crippen LogP contribution in [0.5, 0.6) is 0 Å². The van der Waals surface area contributed by atoms with Crippen LogP contribution in [0, 0.1) is 29.6 Å². The van der Waals surface area contributed by atoms with E-state index >= 15 is 0 Å². The van der Waals surface area contributed by atoms with Crippen LogP contribution in [0.2, 0.25) is 0 Å². The molecule has 0 N–H and O–H groups in total. The number of hydrogen-bond donors (Lipinski definition) is 0. The molecule has 0 fully saturated rings. The van der Waals surface area contributed by atoms with Gasteiger partial charge >= 0.3 is 0 Å². The first-order chi connectivity index (χ1) is 29.3. The smallest absolute Gasteiger partial charge is 0.160 e. The lowest BCUT2D eigenvalue weighted by molar-refractivity contribution is -0.104. The number of carbonyl (C=O) groups excluding carboxylic acids is 2. The van der Waals surface area contributed by atoms with Crippen LogP contribution >= 0.6 is 70.1 Å². The number of unbranched alkanes of at least 4 members (excludes halogenated alkanes) is 4. The summed E-state index contributed by atoms with van der Waals surface area (Å²) in [6, 6.07) is 7.32. The summed E-state index contributed by atoms with van der Waals surface area (Å²) in [4.78, 5) is 28.0.